The number of carbonyl (C=O) groups is 2. The van der Waals surface area contributed by atoms with Crippen LogP contribution >= 0.6 is 11.3 Å². The van der Waals surface area contributed by atoms with E-state index in [4.69, 9.17) is 4.74 Å². The smallest absolute Gasteiger partial charge is 0.337 e. The SMILES string of the molecule is COC(=O)c1ccc(N2CCCC2)c(NC(=O)Cc2csc(-c3ccc(C)cc3)n2)c1. The van der Waals surface area contributed by atoms with Crippen LogP contribution in [0.2, 0.25) is 0 Å². The number of benzene rings is 2. The third-order valence-corrected chi connectivity index (χ3v) is 6.27. The molecule has 1 saturated heterocycles. The maximum atomic E-state index is 12.8. The molecule has 1 amide bonds. The van der Waals surface area contributed by atoms with E-state index in [9.17, 15) is 9.59 Å². The van der Waals surface area contributed by atoms with Gasteiger partial charge in [-0.15, -0.1) is 11.3 Å². The Hall–Kier alpha value is -3.19. The number of esters is 1. The Bertz CT molecular complexity index is 1090. The standard InChI is InChI=1S/C24H25N3O3S/c1-16-5-7-17(8-6-16)23-25-19(15-31-23)14-22(28)26-20-13-18(24(29)30-2)9-10-21(20)27-11-3-4-12-27/h5-10,13,15H,3-4,11-12,14H2,1-2H3,(H,26,28). The Labute approximate surface area is 185 Å². The van der Waals surface area contributed by atoms with Crippen LogP contribution in [0.15, 0.2) is 47.8 Å². The molecule has 6 nitrogen and oxygen atoms in total. The van der Waals surface area contributed by atoms with Gasteiger partial charge in [-0.3, -0.25) is 4.79 Å². The third kappa shape index (κ3) is 4.94. The topological polar surface area (TPSA) is 71.5 Å². The molecule has 1 N–H and O–H groups in total. The van der Waals surface area contributed by atoms with Gasteiger partial charge in [-0.05, 0) is 38.0 Å². The van der Waals surface area contributed by atoms with Crippen molar-refractivity contribution in [2.45, 2.75) is 26.2 Å². The van der Waals surface area contributed by atoms with Gasteiger partial charge in [-0.1, -0.05) is 29.8 Å². The molecular weight excluding hydrogens is 410 g/mol. The van der Waals surface area contributed by atoms with E-state index < -0.39 is 5.97 Å². The van der Waals surface area contributed by atoms with Crippen molar-refractivity contribution in [3.05, 3.63) is 64.7 Å². The molecule has 0 atom stereocenters. The largest absolute Gasteiger partial charge is 0.465 e. The fourth-order valence-corrected chi connectivity index (χ4v) is 4.52. The van der Waals surface area contributed by atoms with Crippen molar-refractivity contribution in [1.29, 1.82) is 0 Å². The van der Waals surface area contributed by atoms with E-state index in [1.54, 1.807) is 12.1 Å². The minimum Gasteiger partial charge on any atom is -0.465 e. The highest BCUT2D eigenvalue weighted by Gasteiger charge is 2.19. The number of amides is 1. The van der Waals surface area contributed by atoms with Gasteiger partial charge in [0.1, 0.15) is 5.01 Å². The lowest BCUT2D eigenvalue weighted by atomic mass is 10.1. The van der Waals surface area contributed by atoms with Gasteiger partial charge in [0.2, 0.25) is 5.91 Å². The van der Waals surface area contributed by atoms with Crippen LogP contribution in [0.5, 0.6) is 0 Å². The van der Waals surface area contributed by atoms with Crippen molar-refractivity contribution in [3.63, 3.8) is 0 Å². The van der Waals surface area contributed by atoms with Crippen LogP contribution in [0, 0.1) is 6.92 Å². The molecule has 1 aliphatic rings. The summed E-state index contributed by atoms with van der Waals surface area (Å²) in [6, 6.07) is 13.5. The van der Waals surface area contributed by atoms with Crippen LogP contribution in [-0.4, -0.2) is 37.1 Å². The minimum atomic E-state index is -0.425. The van der Waals surface area contributed by atoms with Crippen molar-refractivity contribution in [2.75, 3.05) is 30.4 Å². The quantitative estimate of drug-likeness (QED) is 0.569. The molecule has 1 fully saturated rings. The van der Waals surface area contributed by atoms with Crippen molar-refractivity contribution < 1.29 is 14.3 Å². The number of aryl methyl sites for hydroxylation is 1. The normalized spacial score (nSPS) is 13.3. The number of rotatable bonds is 6. The highest BCUT2D eigenvalue weighted by Crippen LogP contribution is 2.31. The molecule has 0 radical (unpaired) electrons. The Balaban J connectivity index is 1.51. The monoisotopic (exact) mass is 435 g/mol. The first-order valence-electron chi connectivity index (χ1n) is 10.3. The molecule has 0 aliphatic carbocycles. The molecule has 160 valence electrons. The minimum absolute atomic E-state index is 0.164. The molecule has 4 rings (SSSR count). The molecule has 7 heteroatoms. The number of carbonyl (C=O) groups excluding carboxylic acids is 2. The predicted octanol–water partition coefficient (Wildman–Crippen LogP) is 4.69. The number of ether oxygens (including phenoxy) is 1. The van der Waals surface area contributed by atoms with Crippen LogP contribution in [0.3, 0.4) is 0 Å². The Morgan fingerprint density at radius 2 is 1.87 bits per heavy atom. The second-order valence-corrected chi connectivity index (χ2v) is 8.51. The highest BCUT2D eigenvalue weighted by atomic mass is 32.1. The van der Waals surface area contributed by atoms with E-state index in [1.165, 1.54) is 24.0 Å². The molecule has 31 heavy (non-hydrogen) atoms. The number of thiazole rings is 1. The van der Waals surface area contributed by atoms with Crippen LogP contribution in [0.25, 0.3) is 10.6 Å². The summed E-state index contributed by atoms with van der Waals surface area (Å²) in [5.41, 5.74) is 4.94. The molecule has 2 aromatic carbocycles. The second kappa shape index (κ2) is 9.31. The summed E-state index contributed by atoms with van der Waals surface area (Å²) in [6.45, 7) is 3.92. The van der Waals surface area contributed by atoms with Gasteiger partial charge < -0.3 is 15.0 Å². The van der Waals surface area contributed by atoms with Crippen molar-refractivity contribution >= 4 is 34.6 Å². The van der Waals surface area contributed by atoms with Crippen LogP contribution in [0.1, 0.15) is 34.5 Å². The van der Waals surface area contributed by atoms with Gasteiger partial charge in [0.15, 0.2) is 0 Å². The van der Waals surface area contributed by atoms with E-state index in [2.05, 4.69) is 27.3 Å². The lowest BCUT2D eigenvalue weighted by molar-refractivity contribution is -0.115. The van der Waals surface area contributed by atoms with Gasteiger partial charge >= 0.3 is 5.97 Å². The van der Waals surface area contributed by atoms with E-state index in [0.29, 0.717) is 11.3 Å². The zero-order valence-electron chi connectivity index (χ0n) is 17.7. The van der Waals surface area contributed by atoms with Crippen LogP contribution in [-0.2, 0) is 16.0 Å². The zero-order chi connectivity index (χ0) is 21.8. The fourth-order valence-electron chi connectivity index (χ4n) is 3.69. The average molecular weight is 436 g/mol. The van der Waals surface area contributed by atoms with E-state index in [1.807, 2.05) is 30.5 Å². The van der Waals surface area contributed by atoms with Gasteiger partial charge in [0, 0.05) is 24.0 Å². The van der Waals surface area contributed by atoms with E-state index >= 15 is 0 Å². The first kappa shape index (κ1) is 21.1. The summed E-state index contributed by atoms with van der Waals surface area (Å²) in [5.74, 6) is -0.589. The van der Waals surface area contributed by atoms with Gasteiger partial charge in [-0.25, -0.2) is 9.78 Å². The van der Waals surface area contributed by atoms with Crippen molar-refractivity contribution in [1.82, 2.24) is 4.98 Å². The van der Waals surface area contributed by atoms with Gasteiger partial charge in [0.05, 0.1) is 36.2 Å². The summed E-state index contributed by atoms with van der Waals surface area (Å²) in [6.07, 6.45) is 2.41. The highest BCUT2D eigenvalue weighted by molar-refractivity contribution is 7.13. The molecule has 0 bridgehead atoms. The maximum absolute atomic E-state index is 12.8. The molecule has 2 heterocycles. The van der Waals surface area contributed by atoms with Crippen molar-refractivity contribution in [3.8, 4) is 10.6 Å². The summed E-state index contributed by atoms with van der Waals surface area (Å²) in [7, 11) is 1.35. The number of nitrogens with one attached hydrogen (secondary N) is 1. The molecule has 3 aromatic rings. The Morgan fingerprint density at radius 1 is 1.13 bits per heavy atom. The van der Waals surface area contributed by atoms with Crippen molar-refractivity contribution in [2.24, 2.45) is 0 Å². The fraction of sp³-hybridized carbons (Fsp3) is 0.292. The second-order valence-electron chi connectivity index (χ2n) is 7.65. The number of aromatic nitrogens is 1. The Kier molecular flexibility index (Phi) is 6.32. The lowest BCUT2D eigenvalue weighted by Gasteiger charge is -2.22. The molecule has 0 saturated carbocycles. The van der Waals surface area contributed by atoms with Crippen LogP contribution < -0.4 is 10.2 Å². The summed E-state index contributed by atoms with van der Waals surface area (Å²) in [5, 5.41) is 5.80. The van der Waals surface area contributed by atoms with Crippen LogP contribution in [0.4, 0.5) is 11.4 Å². The lowest BCUT2D eigenvalue weighted by Crippen LogP contribution is -2.22. The molecule has 1 aromatic heterocycles. The number of hydrogen-bond acceptors (Lipinski definition) is 6. The van der Waals surface area contributed by atoms with E-state index in [0.717, 1.165) is 47.9 Å². The molecular formula is C24H25N3O3S. The first-order chi connectivity index (χ1) is 15.0. The third-order valence-electron chi connectivity index (χ3n) is 5.33. The maximum Gasteiger partial charge on any atom is 0.337 e. The number of methoxy groups -OCH3 is 1. The summed E-state index contributed by atoms with van der Waals surface area (Å²) in [4.78, 5) is 31.6. The predicted molar refractivity (Wildman–Crippen MR) is 124 cm³/mol. The number of nitrogens with zero attached hydrogens (tertiary/aromatic N) is 2. The summed E-state index contributed by atoms with van der Waals surface area (Å²) < 4.78 is 4.84. The molecule has 1 aliphatic heterocycles. The Morgan fingerprint density at radius 3 is 2.58 bits per heavy atom. The van der Waals surface area contributed by atoms with E-state index in [-0.39, 0.29) is 12.3 Å². The number of anilines is 2. The zero-order valence-corrected chi connectivity index (χ0v) is 18.5. The first-order valence-corrected chi connectivity index (χ1v) is 11.2. The summed E-state index contributed by atoms with van der Waals surface area (Å²) >= 11 is 1.53. The number of hydrogen-bond donors (Lipinski definition) is 1. The van der Waals surface area contributed by atoms with Gasteiger partial charge in [0.25, 0.3) is 0 Å². The molecule has 0 spiro atoms. The average Bonchev–Trinajstić information content (AvgIpc) is 3.46. The van der Waals surface area contributed by atoms with Gasteiger partial charge in [-0.2, -0.15) is 0 Å². The molecule has 0 unspecified atom stereocenters.